The van der Waals surface area contributed by atoms with Gasteiger partial charge in [-0.15, -0.1) is 0 Å². The summed E-state index contributed by atoms with van der Waals surface area (Å²) < 4.78 is 23.7. The molecule has 0 fully saturated rings. The van der Waals surface area contributed by atoms with Crippen molar-refractivity contribution in [3.05, 3.63) is 12.0 Å². The van der Waals surface area contributed by atoms with Gasteiger partial charge >= 0.3 is 0 Å². The molecule has 1 rings (SSSR count). The van der Waals surface area contributed by atoms with E-state index in [1.165, 1.54) is 6.20 Å². The van der Waals surface area contributed by atoms with Crippen LogP contribution in [0.3, 0.4) is 0 Å². The Labute approximate surface area is 88.3 Å². The lowest BCUT2D eigenvalue weighted by Gasteiger charge is -2.01. The molecular formula is C8H13ClN2O2S. The van der Waals surface area contributed by atoms with E-state index in [4.69, 9.17) is 10.7 Å². The largest absolute Gasteiger partial charge is 0.334 e. The molecule has 0 aliphatic heterocycles. The van der Waals surface area contributed by atoms with Gasteiger partial charge in [0.15, 0.2) is 5.03 Å². The number of imidazole rings is 1. The molecule has 0 unspecified atom stereocenters. The van der Waals surface area contributed by atoms with Crippen molar-refractivity contribution in [1.82, 2.24) is 9.55 Å². The van der Waals surface area contributed by atoms with Crippen molar-refractivity contribution >= 4 is 19.7 Å². The van der Waals surface area contributed by atoms with E-state index in [2.05, 4.69) is 11.9 Å². The van der Waals surface area contributed by atoms with Crippen molar-refractivity contribution in [3.8, 4) is 0 Å². The van der Waals surface area contributed by atoms with Crippen LogP contribution in [0.15, 0.2) is 11.2 Å². The maximum atomic E-state index is 11.0. The molecule has 0 spiro atoms. The summed E-state index contributed by atoms with van der Waals surface area (Å²) in [6.45, 7) is 4.62. The summed E-state index contributed by atoms with van der Waals surface area (Å²) in [6, 6.07) is 0. The molecule has 4 nitrogen and oxygen atoms in total. The van der Waals surface area contributed by atoms with E-state index in [0.717, 1.165) is 19.4 Å². The molecule has 80 valence electrons. The van der Waals surface area contributed by atoms with Gasteiger partial charge in [0.1, 0.15) is 5.82 Å². The van der Waals surface area contributed by atoms with Gasteiger partial charge in [-0.3, -0.25) is 0 Å². The van der Waals surface area contributed by atoms with Crippen LogP contribution in [0.1, 0.15) is 25.6 Å². The maximum absolute atomic E-state index is 11.0. The molecule has 6 heteroatoms. The predicted molar refractivity (Wildman–Crippen MR) is 54.9 cm³/mol. The number of aryl methyl sites for hydroxylation is 2. The molecule has 0 aliphatic rings. The summed E-state index contributed by atoms with van der Waals surface area (Å²) in [7, 11) is 1.49. The van der Waals surface area contributed by atoms with Crippen molar-refractivity contribution in [2.24, 2.45) is 0 Å². The molecule has 0 saturated carbocycles. The number of hydrogen-bond acceptors (Lipinski definition) is 3. The third-order valence-electron chi connectivity index (χ3n) is 1.96. The fourth-order valence-electron chi connectivity index (χ4n) is 1.15. The quantitative estimate of drug-likeness (QED) is 0.751. The average molecular weight is 237 g/mol. The number of nitrogens with zero attached hydrogens (tertiary/aromatic N) is 2. The van der Waals surface area contributed by atoms with E-state index in [-0.39, 0.29) is 5.03 Å². The average Bonchev–Trinajstić information content (AvgIpc) is 2.43. The molecular weight excluding hydrogens is 224 g/mol. The van der Waals surface area contributed by atoms with Crippen LogP contribution in [-0.2, 0) is 15.6 Å². The standard InChI is InChI=1S/C8H13ClN2O2S/c1-3-4-5-11-6-8(10-7(11)2)14(9,12)13/h6H,3-5H2,1-2H3. The van der Waals surface area contributed by atoms with Crippen LogP contribution in [0.25, 0.3) is 0 Å². The van der Waals surface area contributed by atoms with Crippen LogP contribution < -0.4 is 0 Å². The van der Waals surface area contributed by atoms with Gasteiger partial charge in [-0.1, -0.05) is 13.3 Å². The zero-order valence-electron chi connectivity index (χ0n) is 8.20. The normalized spacial score (nSPS) is 11.9. The molecule has 0 radical (unpaired) electrons. The first-order valence-electron chi connectivity index (χ1n) is 4.43. The van der Waals surface area contributed by atoms with Crippen molar-refractivity contribution in [2.45, 2.75) is 38.3 Å². The maximum Gasteiger partial charge on any atom is 0.280 e. The van der Waals surface area contributed by atoms with E-state index < -0.39 is 9.05 Å². The van der Waals surface area contributed by atoms with Gasteiger partial charge in [-0.25, -0.2) is 13.4 Å². The Morgan fingerprint density at radius 2 is 2.21 bits per heavy atom. The van der Waals surface area contributed by atoms with Gasteiger partial charge in [-0.2, -0.15) is 0 Å². The predicted octanol–water partition coefficient (Wildman–Crippen LogP) is 1.92. The van der Waals surface area contributed by atoms with Gasteiger partial charge in [0, 0.05) is 23.4 Å². The van der Waals surface area contributed by atoms with Crippen LogP contribution in [0, 0.1) is 6.92 Å². The molecule has 0 amide bonds. The fraction of sp³-hybridized carbons (Fsp3) is 0.625. The number of halogens is 1. The number of hydrogen-bond donors (Lipinski definition) is 0. The van der Waals surface area contributed by atoms with Crippen molar-refractivity contribution in [1.29, 1.82) is 0 Å². The molecule has 0 saturated heterocycles. The Morgan fingerprint density at radius 1 is 1.57 bits per heavy atom. The van der Waals surface area contributed by atoms with Crippen molar-refractivity contribution in [2.75, 3.05) is 0 Å². The SMILES string of the molecule is CCCCn1cc(S(=O)(=O)Cl)nc1C. The number of aromatic nitrogens is 2. The van der Waals surface area contributed by atoms with Gasteiger partial charge in [-0.05, 0) is 13.3 Å². The first-order chi connectivity index (χ1) is 6.45. The molecule has 0 aromatic carbocycles. The molecule has 1 aromatic heterocycles. The van der Waals surface area contributed by atoms with Crippen LogP contribution in [-0.4, -0.2) is 18.0 Å². The highest BCUT2D eigenvalue weighted by molar-refractivity contribution is 8.13. The molecule has 1 aromatic rings. The Kier molecular flexibility index (Phi) is 3.55. The highest BCUT2D eigenvalue weighted by Crippen LogP contribution is 2.14. The van der Waals surface area contributed by atoms with E-state index in [1.807, 2.05) is 0 Å². The number of rotatable bonds is 4. The second kappa shape index (κ2) is 4.31. The summed E-state index contributed by atoms with van der Waals surface area (Å²) in [4.78, 5) is 3.88. The third-order valence-corrected chi connectivity index (χ3v) is 3.13. The van der Waals surface area contributed by atoms with Crippen molar-refractivity contribution < 1.29 is 8.42 Å². The Hall–Kier alpha value is -0.550. The molecule has 1 heterocycles. The zero-order valence-corrected chi connectivity index (χ0v) is 9.77. The first-order valence-corrected chi connectivity index (χ1v) is 6.74. The minimum atomic E-state index is -3.69. The summed E-state index contributed by atoms with van der Waals surface area (Å²) in [5.41, 5.74) is 0. The van der Waals surface area contributed by atoms with Gasteiger partial charge < -0.3 is 4.57 Å². The van der Waals surface area contributed by atoms with Gasteiger partial charge in [0.2, 0.25) is 0 Å². The minimum absolute atomic E-state index is 0.0623. The van der Waals surface area contributed by atoms with Crippen LogP contribution in [0.2, 0.25) is 0 Å². The third kappa shape index (κ3) is 2.72. The van der Waals surface area contributed by atoms with Gasteiger partial charge in [0.05, 0.1) is 0 Å². The molecule has 0 bridgehead atoms. The lowest BCUT2D eigenvalue weighted by Crippen LogP contribution is -1.98. The lowest BCUT2D eigenvalue weighted by atomic mass is 10.3. The van der Waals surface area contributed by atoms with Crippen LogP contribution in [0.4, 0.5) is 0 Å². The van der Waals surface area contributed by atoms with Crippen LogP contribution in [0.5, 0.6) is 0 Å². The molecule has 0 N–H and O–H groups in total. The zero-order chi connectivity index (χ0) is 10.8. The van der Waals surface area contributed by atoms with E-state index in [1.54, 1.807) is 11.5 Å². The first kappa shape index (κ1) is 11.5. The van der Waals surface area contributed by atoms with E-state index >= 15 is 0 Å². The fourth-order valence-corrected chi connectivity index (χ4v) is 1.87. The summed E-state index contributed by atoms with van der Waals surface area (Å²) in [5, 5.41) is -0.0623. The lowest BCUT2D eigenvalue weighted by molar-refractivity contribution is 0.605. The Balaban J connectivity index is 2.94. The topological polar surface area (TPSA) is 52.0 Å². The second-order valence-electron chi connectivity index (χ2n) is 3.11. The minimum Gasteiger partial charge on any atom is -0.334 e. The van der Waals surface area contributed by atoms with E-state index in [0.29, 0.717) is 5.82 Å². The highest BCUT2D eigenvalue weighted by atomic mass is 35.7. The monoisotopic (exact) mass is 236 g/mol. The molecule has 0 aliphatic carbocycles. The second-order valence-corrected chi connectivity index (χ2v) is 5.62. The van der Waals surface area contributed by atoms with E-state index in [9.17, 15) is 8.42 Å². The molecule has 14 heavy (non-hydrogen) atoms. The smallest absolute Gasteiger partial charge is 0.280 e. The summed E-state index contributed by atoms with van der Waals surface area (Å²) in [6.07, 6.45) is 3.53. The Morgan fingerprint density at radius 3 is 2.64 bits per heavy atom. The number of unbranched alkanes of at least 4 members (excludes halogenated alkanes) is 1. The summed E-state index contributed by atoms with van der Waals surface area (Å²) in [5.74, 6) is 0.678. The summed E-state index contributed by atoms with van der Waals surface area (Å²) >= 11 is 0. The van der Waals surface area contributed by atoms with Gasteiger partial charge in [0.25, 0.3) is 9.05 Å². The Bertz CT molecular complexity index is 411. The van der Waals surface area contributed by atoms with Crippen molar-refractivity contribution in [3.63, 3.8) is 0 Å². The van der Waals surface area contributed by atoms with Crippen LogP contribution >= 0.6 is 10.7 Å². The highest BCUT2D eigenvalue weighted by Gasteiger charge is 2.15. The molecule has 0 atom stereocenters.